The van der Waals surface area contributed by atoms with Gasteiger partial charge in [-0.25, -0.2) is 0 Å². The van der Waals surface area contributed by atoms with Gasteiger partial charge in [0.25, 0.3) is 5.91 Å². The maximum Gasteiger partial charge on any atom is 0.265 e. The topological polar surface area (TPSA) is 67.4 Å². The fourth-order valence-corrected chi connectivity index (χ4v) is 3.48. The minimum Gasteiger partial charge on any atom is -0.479 e. The first-order valence-corrected chi connectivity index (χ1v) is 9.61. The van der Waals surface area contributed by atoms with Crippen molar-refractivity contribution in [3.63, 3.8) is 0 Å². The number of rotatable bonds is 5. The molecule has 0 fully saturated rings. The van der Waals surface area contributed by atoms with Gasteiger partial charge >= 0.3 is 0 Å². The Hall–Kier alpha value is -3.60. The van der Waals surface area contributed by atoms with Crippen LogP contribution >= 0.6 is 0 Å². The molecule has 0 spiro atoms. The summed E-state index contributed by atoms with van der Waals surface area (Å²) in [5, 5.41) is 5.74. The molecule has 2 N–H and O–H groups in total. The van der Waals surface area contributed by atoms with E-state index in [-0.39, 0.29) is 17.7 Å². The van der Waals surface area contributed by atoms with Gasteiger partial charge in [-0.05, 0) is 36.2 Å². The van der Waals surface area contributed by atoms with Gasteiger partial charge in [0, 0.05) is 18.0 Å². The summed E-state index contributed by atoms with van der Waals surface area (Å²) in [6.07, 6.45) is -0.217. The Bertz CT molecular complexity index is 979. The fourth-order valence-electron chi connectivity index (χ4n) is 3.48. The van der Waals surface area contributed by atoms with E-state index in [9.17, 15) is 9.59 Å². The van der Waals surface area contributed by atoms with E-state index < -0.39 is 6.10 Å². The lowest BCUT2D eigenvalue weighted by Gasteiger charge is -2.24. The van der Waals surface area contributed by atoms with Gasteiger partial charge in [0.2, 0.25) is 5.91 Å². The highest BCUT2D eigenvalue weighted by Gasteiger charge is 2.24. The Morgan fingerprint density at radius 1 is 1.00 bits per heavy atom. The first kappa shape index (κ1) is 18.7. The molecule has 29 heavy (non-hydrogen) atoms. The third-order valence-corrected chi connectivity index (χ3v) is 4.99. The quantitative estimate of drug-likeness (QED) is 0.675. The fraction of sp³-hybridized carbons (Fsp3) is 0.167. The monoisotopic (exact) mass is 386 g/mol. The van der Waals surface area contributed by atoms with E-state index >= 15 is 0 Å². The highest BCUT2D eigenvalue weighted by molar-refractivity contribution is 5.99. The van der Waals surface area contributed by atoms with Crippen LogP contribution in [0.1, 0.15) is 30.4 Å². The maximum atomic E-state index is 12.8. The van der Waals surface area contributed by atoms with Crippen molar-refractivity contribution in [3.05, 3.63) is 90.0 Å². The minimum absolute atomic E-state index is 0.0427. The van der Waals surface area contributed by atoms with Gasteiger partial charge in [0.1, 0.15) is 5.75 Å². The van der Waals surface area contributed by atoms with Gasteiger partial charge in [-0.2, -0.15) is 0 Å². The van der Waals surface area contributed by atoms with Gasteiger partial charge in [-0.3, -0.25) is 9.59 Å². The van der Waals surface area contributed by atoms with Crippen molar-refractivity contribution in [1.82, 2.24) is 0 Å². The lowest BCUT2D eigenvalue weighted by molar-refractivity contribution is -0.122. The van der Waals surface area contributed by atoms with Crippen LogP contribution in [-0.2, 0) is 9.59 Å². The summed E-state index contributed by atoms with van der Waals surface area (Å²) in [7, 11) is 0. The Balaban J connectivity index is 1.52. The average Bonchev–Trinajstić information content (AvgIpc) is 2.74. The molecule has 2 amide bonds. The molecule has 0 saturated carbocycles. The number of hydrogen-bond donors (Lipinski definition) is 2. The first-order valence-electron chi connectivity index (χ1n) is 9.61. The molecule has 1 unspecified atom stereocenters. The van der Waals surface area contributed by atoms with E-state index in [1.165, 1.54) is 0 Å². The highest BCUT2D eigenvalue weighted by atomic mass is 16.5. The molecule has 1 aliphatic heterocycles. The molecule has 1 heterocycles. The summed E-state index contributed by atoms with van der Waals surface area (Å²) in [5.74, 6) is 0.258. The summed E-state index contributed by atoms with van der Waals surface area (Å²) in [6, 6.07) is 25.3. The Morgan fingerprint density at radius 3 is 2.24 bits per heavy atom. The number of amides is 2. The van der Waals surface area contributed by atoms with E-state index in [0.29, 0.717) is 23.5 Å². The molecular weight excluding hydrogens is 364 g/mol. The zero-order valence-corrected chi connectivity index (χ0v) is 16.1. The van der Waals surface area contributed by atoms with Crippen LogP contribution in [-0.4, -0.2) is 17.9 Å². The zero-order chi connectivity index (χ0) is 20.2. The van der Waals surface area contributed by atoms with Crippen molar-refractivity contribution in [2.75, 3.05) is 10.6 Å². The van der Waals surface area contributed by atoms with E-state index in [4.69, 9.17) is 4.74 Å². The molecule has 0 bridgehead atoms. The van der Waals surface area contributed by atoms with Crippen LogP contribution in [0, 0.1) is 0 Å². The summed E-state index contributed by atoms with van der Waals surface area (Å²) in [4.78, 5) is 24.7. The van der Waals surface area contributed by atoms with Crippen molar-refractivity contribution in [1.29, 1.82) is 0 Å². The van der Waals surface area contributed by atoms with Crippen molar-refractivity contribution < 1.29 is 14.3 Å². The number of hydrogen-bond acceptors (Lipinski definition) is 3. The average molecular weight is 386 g/mol. The highest BCUT2D eigenvalue weighted by Crippen LogP contribution is 2.33. The normalized spacial score (nSPS) is 15.2. The lowest BCUT2D eigenvalue weighted by Crippen LogP contribution is -2.34. The second kappa shape index (κ2) is 8.19. The molecule has 0 aliphatic carbocycles. The van der Waals surface area contributed by atoms with Crippen LogP contribution in [0.4, 0.5) is 11.4 Å². The third-order valence-electron chi connectivity index (χ3n) is 4.99. The van der Waals surface area contributed by atoms with Gasteiger partial charge in [0.05, 0.1) is 5.69 Å². The van der Waals surface area contributed by atoms with Crippen LogP contribution < -0.4 is 15.4 Å². The molecule has 1 aliphatic rings. The third kappa shape index (κ3) is 4.29. The molecular formula is C24H22N2O3. The molecule has 5 heteroatoms. The number of nitrogens with one attached hydrogen (secondary N) is 2. The summed E-state index contributed by atoms with van der Waals surface area (Å²) in [6.45, 7) is 1.70. The van der Waals surface area contributed by atoms with Crippen molar-refractivity contribution in [3.8, 4) is 5.75 Å². The van der Waals surface area contributed by atoms with E-state index in [2.05, 4.69) is 10.6 Å². The second-order valence-electron chi connectivity index (χ2n) is 7.09. The van der Waals surface area contributed by atoms with Crippen LogP contribution in [0.5, 0.6) is 5.75 Å². The van der Waals surface area contributed by atoms with Crippen LogP contribution in [0.2, 0.25) is 0 Å². The molecule has 5 nitrogen and oxygen atoms in total. The lowest BCUT2D eigenvalue weighted by atomic mass is 9.88. The van der Waals surface area contributed by atoms with E-state index in [0.717, 1.165) is 11.1 Å². The molecule has 4 rings (SSSR count). The predicted octanol–water partition coefficient (Wildman–Crippen LogP) is 4.57. The number of ether oxygens (including phenoxy) is 1. The molecule has 3 aromatic rings. The zero-order valence-electron chi connectivity index (χ0n) is 16.1. The number of carbonyl (C=O) groups excluding carboxylic acids is 2. The molecule has 0 radical (unpaired) electrons. The largest absolute Gasteiger partial charge is 0.479 e. The summed E-state index contributed by atoms with van der Waals surface area (Å²) < 4.78 is 5.56. The number of benzene rings is 3. The Kier molecular flexibility index (Phi) is 5.29. The number of fused-ring (bicyclic) bond motifs is 1. The molecule has 0 aromatic heterocycles. The Labute approximate surface area is 169 Å². The van der Waals surface area contributed by atoms with Crippen molar-refractivity contribution in [2.24, 2.45) is 0 Å². The maximum absolute atomic E-state index is 12.8. The second-order valence-corrected chi connectivity index (χ2v) is 7.09. The van der Waals surface area contributed by atoms with E-state index in [1.807, 2.05) is 60.7 Å². The molecule has 3 aromatic carbocycles. The Morgan fingerprint density at radius 2 is 1.62 bits per heavy atom. The van der Waals surface area contributed by atoms with Crippen molar-refractivity contribution in [2.45, 2.75) is 25.4 Å². The number of anilines is 2. The number of carbonyl (C=O) groups is 2. The minimum atomic E-state index is -0.527. The van der Waals surface area contributed by atoms with Gasteiger partial charge in [0.15, 0.2) is 6.10 Å². The van der Waals surface area contributed by atoms with Crippen LogP contribution in [0.3, 0.4) is 0 Å². The van der Waals surface area contributed by atoms with Crippen LogP contribution in [0.15, 0.2) is 78.9 Å². The predicted molar refractivity (Wildman–Crippen MR) is 113 cm³/mol. The van der Waals surface area contributed by atoms with E-state index in [1.54, 1.807) is 25.1 Å². The first-order chi connectivity index (χ1) is 14.1. The van der Waals surface area contributed by atoms with Gasteiger partial charge in [-0.15, -0.1) is 0 Å². The summed E-state index contributed by atoms with van der Waals surface area (Å²) in [5.41, 5.74) is 3.36. The SMILES string of the molecule is CC1Oc2ccc(NC(=O)CC(c3ccccc3)c3ccccc3)cc2NC1=O. The molecule has 0 saturated heterocycles. The molecule has 1 atom stereocenters. The van der Waals surface area contributed by atoms with Crippen molar-refractivity contribution >= 4 is 23.2 Å². The smallest absolute Gasteiger partial charge is 0.265 e. The van der Waals surface area contributed by atoms with Crippen LogP contribution in [0.25, 0.3) is 0 Å². The summed E-state index contributed by atoms with van der Waals surface area (Å²) >= 11 is 0. The van der Waals surface area contributed by atoms with Gasteiger partial charge in [-0.1, -0.05) is 60.7 Å². The van der Waals surface area contributed by atoms with Gasteiger partial charge < -0.3 is 15.4 Å². The molecule has 146 valence electrons. The standard InChI is InChI=1S/C24H22N2O3/c1-16-24(28)26-21-14-19(12-13-22(21)29-16)25-23(27)15-20(17-8-4-2-5-9-17)18-10-6-3-7-11-18/h2-14,16,20H,15H2,1H3,(H,25,27)(H,26,28).